The number of halogens is 1. The number of benzene rings is 1. The van der Waals surface area contributed by atoms with Gasteiger partial charge in [-0.2, -0.15) is 0 Å². The molecule has 0 bridgehead atoms. The van der Waals surface area contributed by atoms with Crippen molar-refractivity contribution in [2.75, 3.05) is 12.4 Å². The van der Waals surface area contributed by atoms with E-state index in [0.717, 1.165) is 0 Å². The van der Waals surface area contributed by atoms with E-state index in [4.69, 9.17) is 11.6 Å². The van der Waals surface area contributed by atoms with Gasteiger partial charge in [-0.15, -0.1) is 11.6 Å². The Kier molecular flexibility index (Phi) is 4.80. The average Bonchev–Trinajstić information content (AvgIpc) is 2.32. The van der Waals surface area contributed by atoms with Crippen molar-refractivity contribution in [2.45, 2.75) is 40.0 Å². The quantitative estimate of drug-likeness (QED) is 0.834. The van der Waals surface area contributed by atoms with Crippen LogP contribution in [0.5, 0.6) is 0 Å². The van der Waals surface area contributed by atoms with Gasteiger partial charge in [-0.3, -0.25) is 4.79 Å². The second-order valence-corrected chi connectivity index (χ2v) is 5.74. The third-order valence-corrected chi connectivity index (χ3v) is 3.88. The van der Waals surface area contributed by atoms with Crippen LogP contribution in [-0.4, -0.2) is 18.3 Å². The van der Waals surface area contributed by atoms with Gasteiger partial charge in [-0.05, 0) is 43.0 Å². The molecule has 0 unspecified atom stereocenters. The second-order valence-electron chi connectivity index (χ2n) is 5.47. The van der Waals surface area contributed by atoms with E-state index >= 15 is 0 Å². The van der Waals surface area contributed by atoms with Crippen LogP contribution in [0.3, 0.4) is 0 Å². The molecule has 18 heavy (non-hydrogen) atoms. The first-order valence-corrected chi connectivity index (χ1v) is 6.73. The summed E-state index contributed by atoms with van der Waals surface area (Å²) in [6.45, 7) is 11.3. The van der Waals surface area contributed by atoms with Gasteiger partial charge in [0.25, 0.3) is 0 Å². The first-order chi connectivity index (χ1) is 8.29. The first kappa shape index (κ1) is 15.0. The molecule has 0 aliphatic carbocycles. The zero-order chi connectivity index (χ0) is 13.9. The lowest BCUT2D eigenvalue weighted by molar-refractivity contribution is -0.118. The molecule has 1 aromatic carbocycles. The summed E-state index contributed by atoms with van der Waals surface area (Å²) >= 11 is 5.49. The highest BCUT2D eigenvalue weighted by molar-refractivity contribution is 6.27. The molecule has 2 nitrogen and oxygen atoms in total. The summed E-state index contributed by atoms with van der Waals surface area (Å²) in [4.78, 5) is 11.3. The Hall–Kier alpha value is -1.02. The van der Waals surface area contributed by atoms with Crippen LogP contribution in [0.1, 0.15) is 36.1 Å². The smallest absolute Gasteiger partial charge is 0.234 e. The Balaban J connectivity index is 2.98. The molecule has 0 saturated carbocycles. The average molecular weight is 268 g/mol. The van der Waals surface area contributed by atoms with E-state index in [-0.39, 0.29) is 17.2 Å². The number of aryl methyl sites for hydroxylation is 1. The van der Waals surface area contributed by atoms with Gasteiger partial charge >= 0.3 is 0 Å². The molecule has 1 aromatic rings. The molecule has 0 aliphatic heterocycles. The van der Waals surface area contributed by atoms with Gasteiger partial charge in [-0.25, -0.2) is 0 Å². The zero-order valence-electron chi connectivity index (χ0n) is 11.9. The van der Waals surface area contributed by atoms with Gasteiger partial charge in [0.05, 0.1) is 0 Å². The highest BCUT2D eigenvalue weighted by atomic mass is 35.5. The largest absolute Gasteiger partial charge is 0.354 e. The molecule has 0 radical (unpaired) electrons. The van der Waals surface area contributed by atoms with Crippen molar-refractivity contribution in [1.82, 2.24) is 5.32 Å². The van der Waals surface area contributed by atoms with Gasteiger partial charge in [-0.1, -0.05) is 26.0 Å². The Bertz CT molecular complexity index is 452. The van der Waals surface area contributed by atoms with E-state index in [9.17, 15) is 4.79 Å². The van der Waals surface area contributed by atoms with Crippen LogP contribution in [0, 0.1) is 20.8 Å². The fraction of sp³-hybridized carbons (Fsp3) is 0.533. The van der Waals surface area contributed by atoms with E-state index < -0.39 is 0 Å². The summed E-state index contributed by atoms with van der Waals surface area (Å²) in [5.74, 6) is -0.103. The van der Waals surface area contributed by atoms with Crippen molar-refractivity contribution in [2.24, 2.45) is 0 Å². The van der Waals surface area contributed by atoms with Crippen molar-refractivity contribution in [3.05, 3.63) is 34.4 Å². The van der Waals surface area contributed by atoms with E-state index in [1.807, 2.05) is 0 Å². The number of hydrogen-bond donors (Lipinski definition) is 1. The van der Waals surface area contributed by atoms with Crippen LogP contribution in [0.15, 0.2) is 12.1 Å². The Morgan fingerprint density at radius 1 is 1.22 bits per heavy atom. The van der Waals surface area contributed by atoms with Gasteiger partial charge in [0.1, 0.15) is 5.88 Å². The van der Waals surface area contributed by atoms with Crippen molar-refractivity contribution in [3.63, 3.8) is 0 Å². The molecule has 0 aliphatic rings. The highest BCUT2D eigenvalue weighted by Gasteiger charge is 2.24. The van der Waals surface area contributed by atoms with E-state index in [2.05, 4.69) is 52.1 Å². The standard InChI is InChI=1S/C15H22ClNO/c1-10-6-7-13(12(3)11(10)2)15(4,5)9-17-14(18)8-16/h6-7H,8-9H2,1-5H3,(H,17,18). The van der Waals surface area contributed by atoms with Crippen molar-refractivity contribution in [3.8, 4) is 0 Å². The molecule has 0 heterocycles. The molecule has 0 aromatic heterocycles. The highest BCUT2D eigenvalue weighted by Crippen LogP contribution is 2.28. The molecular weight excluding hydrogens is 246 g/mol. The molecule has 1 N–H and O–H groups in total. The molecule has 0 spiro atoms. The number of carbonyl (C=O) groups is 1. The van der Waals surface area contributed by atoms with E-state index in [1.54, 1.807) is 0 Å². The number of hydrogen-bond acceptors (Lipinski definition) is 1. The molecule has 1 rings (SSSR count). The monoisotopic (exact) mass is 267 g/mol. The summed E-state index contributed by atoms with van der Waals surface area (Å²) in [5.41, 5.74) is 5.12. The van der Waals surface area contributed by atoms with Crippen LogP contribution in [0.25, 0.3) is 0 Å². The van der Waals surface area contributed by atoms with Gasteiger partial charge in [0, 0.05) is 12.0 Å². The van der Waals surface area contributed by atoms with E-state index in [0.29, 0.717) is 6.54 Å². The van der Waals surface area contributed by atoms with Crippen molar-refractivity contribution < 1.29 is 4.79 Å². The first-order valence-electron chi connectivity index (χ1n) is 6.19. The Labute approximate surface area is 115 Å². The number of amides is 1. The van der Waals surface area contributed by atoms with E-state index in [1.165, 1.54) is 22.3 Å². The van der Waals surface area contributed by atoms with Gasteiger partial charge < -0.3 is 5.32 Å². The van der Waals surface area contributed by atoms with Gasteiger partial charge in [0.2, 0.25) is 5.91 Å². The van der Waals surface area contributed by atoms with Crippen LogP contribution in [0.2, 0.25) is 0 Å². The second kappa shape index (κ2) is 5.75. The Morgan fingerprint density at radius 3 is 2.39 bits per heavy atom. The minimum Gasteiger partial charge on any atom is -0.354 e. The molecule has 1 amide bonds. The predicted molar refractivity (Wildman–Crippen MR) is 77.4 cm³/mol. The number of nitrogens with one attached hydrogen (secondary N) is 1. The maximum absolute atomic E-state index is 11.3. The molecule has 3 heteroatoms. The maximum Gasteiger partial charge on any atom is 0.234 e. The fourth-order valence-corrected chi connectivity index (χ4v) is 2.25. The number of alkyl halides is 1. The zero-order valence-corrected chi connectivity index (χ0v) is 12.6. The van der Waals surface area contributed by atoms with Crippen LogP contribution < -0.4 is 5.32 Å². The predicted octanol–water partition coefficient (Wildman–Crippen LogP) is 3.24. The maximum atomic E-state index is 11.3. The topological polar surface area (TPSA) is 29.1 Å². The number of carbonyl (C=O) groups excluding carboxylic acids is 1. The lowest BCUT2D eigenvalue weighted by Crippen LogP contribution is -2.37. The SMILES string of the molecule is Cc1ccc(C(C)(C)CNC(=O)CCl)c(C)c1C. The summed E-state index contributed by atoms with van der Waals surface area (Å²) in [6, 6.07) is 4.30. The van der Waals surface area contributed by atoms with Crippen LogP contribution in [-0.2, 0) is 10.2 Å². The van der Waals surface area contributed by atoms with Crippen molar-refractivity contribution >= 4 is 17.5 Å². The van der Waals surface area contributed by atoms with Crippen LogP contribution in [0.4, 0.5) is 0 Å². The fourth-order valence-electron chi connectivity index (χ4n) is 2.15. The summed E-state index contributed by atoms with van der Waals surface area (Å²) in [6.07, 6.45) is 0. The minimum absolute atomic E-state index is 0.0159. The molecule has 0 fully saturated rings. The van der Waals surface area contributed by atoms with Crippen molar-refractivity contribution in [1.29, 1.82) is 0 Å². The summed E-state index contributed by atoms with van der Waals surface area (Å²) < 4.78 is 0. The Morgan fingerprint density at radius 2 is 1.83 bits per heavy atom. The normalized spacial score (nSPS) is 11.4. The number of rotatable bonds is 4. The third-order valence-electron chi connectivity index (χ3n) is 3.64. The minimum atomic E-state index is -0.119. The summed E-state index contributed by atoms with van der Waals surface area (Å²) in [5, 5.41) is 2.86. The lowest BCUT2D eigenvalue weighted by Gasteiger charge is -2.28. The third kappa shape index (κ3) is 3.26. The molecule has 0 saturated heterocycles. The molecule has 100 valence electrons. The molecular formula is C15H22ClNO. The summed E-state index contributed by atoms with van der Waals surface area (Å²) in [7, 11) is 0. The lowest BCUT2D eigenvalue weighted by atomic mass is 9.80. The van der Waals surface area contributed by atoms with Crippen LogP contribution >= 0.6 is 11.6 Å². The molecule has 0 atom stereocenters. The van der Waals surface area contributed by atoms with Gasteiger partial charge in [0.15, 0.2) is 0 Å².